The maximum absolute atomic E-state index is 5.93. The molecule has 3 N–H and O–H groups in total. The van der Waals surface area contributed by atoms with Crippen molar-refractivity contribution in [3.05, 3.63) is 59.1 Å². The lowest BCUT2D eigenvalue weighted by Gasteiger charge is -2.18. The molecule has 0 saturated heterocycles. The molecule has 0 spiro atoms. The fourth-order valence-corrected chi connectivity index (χ4v) is 2.24. The Balaban J connectivity index is 1.97. The lowest BCUT2D eigenvalue weighted by Crippen LogP contribution is -2.41. The molecular weight excluding hydrogens is 288 g/mol. The van der Waals surface area contributed by atoms with Crippen LogP contribution in [0.2, 0.25) is 5.02 Å². The number of benzene rings is 2. The Hall–Kier alpha value is -1.75. The van der Waals surface area contributed by atoms with Gasteiger partial charge < -0.3 is 9.47 Å². The van der Waals surface area contributed by atoms with Crippen LogP contribution < -0.4 is 20.7 Å². The molecule has 0 radical (unpaired) electrons. The zero-order valence-corrected chi connectivity index (χ0v) is 12.6. The smallest absolute Gasteiger partial charge is 0.122 e. The standard InChI is InChI=1S/C16H19ClN2O2/c1-20-16-8-3-2-5-12(16)9-14(19-18)11-21-15-7-4-6-13(17)10-15/h2-8,10,14,19H,9,11,18H2,1H3. The average molecular weight is 307 g/mol. The third kappa shape index (κ3) is 4.63. The summed E-state index contributed by atoms with van der Waals surface area (Å²) in [6.07, 6.45) is 0.709. The number of nitrogens with one attached hydrogen (secondary N) is 1. The van der Waals surface area contributed by atoms with Crippen molar-refractivity contribution < 1.29 is 9.47 Å². The summed E-state index contributed by atoms with van der Waals surface area (Å²) in [5, 5.41) is 0.648. The van der Waals surface area contributed by atoms with E-state index < -0.39 is 0 Å². The zero-order chi connectivity index (χ0) is 15.1. The van der Waals surface area contributed by atoms with Gasteiger partial charge in [0.15, 0.2) is 0 Å². The van der Waals surface area contributed by atoms with Gasteiger partial charge in [0.05, 0.1) is 13.2 Å². The van der Waals surface area contributed by atoms with Crippen molar-refractivity contribution in [2.45, 2.75) is 12.5 Å². The third-order valence-electron chi connectivity index (χ3n) is 3.14. The molecule has 0 aliphatic rings. The van der Waals surface area contributed by atoms with Crippen LogP contribution in [0.3, 0.4) is 0 Å². The van der Waals surface area contributed by atoms with Crippen molar-refractivity contribution in [2.75, 3.05) is 13.7 Å². The van der Waals surface area contributed by atoms with Gasteiger partial charge in [-0.25, -0.2) is 0 Å². The minimum absolute atomic E-state index is 0.0275. The molecule has 4 nitrogen and oxygen atoms in total. The molecule has 5 heteroatoms. The summed E-state index contributed by atoms with van der Waals surface area (Å²) in [5.41, 5.74) is 3.85. The predicted molar refractivity (Wildman–Crippen MR) is 84.8 cm³/mol. The summed E-state index contributed by atoms with van der Waals surface area (Å²) in [4.78, 5) is 0. The van der Waals surface area contributed by atoms with Gasteiger partial charge in [-0.1, -0.05) is 35.9 Å². The fraction of sp³-hybridized carbons (Fsp3) is 0.250. The first-order chi connectivity index (χ1) is 10.2. The average Bonchev–Trinajstić information content (AvgIpc) is 2.52. The number of methoxy groups -OCH3 is 1. The maximum atomic E-state index is 5.93. The Kier molecular flexibility index (Phi) is 5.87. The highest BCUT2D eigenvalue weighted by molar-refractivity contribution is 6.30. The summed E-state index contributed by atoms with van der Waals surface area (Å²) >= 11 is 5.93. The van der Waals surface area contributed by atoms with Gasteiger partial charge in [-0.3, -0.25) is 11.3 Å². The normalized spacial score (nSPS) is 12.0. The van der Waals surface area contributed by atoms with E-state index in [1.54, 1.807) is 13.2 Å². The van der Waals surface area contributed by atoms with E-state index in [2.05, 4.69) is 5.43 Å². The van der Waals surface area contributed by atoms with Gasteiger partial charge in [0.2, 0.25) is 0 Å². The summed E-state index contributed by atoms with van der Waals surface area (Å²) in [5.74, 6) is 7.18. The van der Waals surface area contributed by atoms with Crippen molar-refractivity contribution in [1.29, 1.82) is 0 Å². The van der Waals surface area contributed by atoms with Crippen molar-refractivity contribution in [3.8, 4) is 11.5 Å². The first-order valence-corrected chi connectivity index (χ1v) is 7.07. The highest BCUT2D eigenvalue weighted by Crippen LogP contribution is 2.20. The molecule has 0 fully saturated rings. The number of nitrogens with two attached hydrogens (primary N) is 1. The van der Waals surface area contributed by atoms with Crippen LogP contribution in [0.4, 0.5) is 0 Å². The van der Waals surface area contributed by atoms with Crippen molar-refractivity contribution >= 4 is 11.6 Å². The Morgan fingerprint density at radius 2 is 2.00 bits per heavy atom. The quantitative estimate of drug-likeness (QED) is 0.610. The summed E-state index contributed by atoms with van der Waals surface area (Å²) in [6.45, 7) is 0.439. The SMILES string of the molecule is COc1ccccc1CC(COc1cccc(Cl)c1)NN. The number of halogens is 1. The van der Waals surface area contributed by atoms with Crippen LogP contribution in [-0.2, 0) is 6.42 Å². The molecule has 0 aromatic heterocycles. The molecule has 1 atom stereocenters. The second-order valence-electron chi connectivity index (χ2n) is 4.65. The minimum Gasteiger partial charge on any atom is -0.496 e. The van der Waals surface area contributed by atoms with E-state index in [0.29, 0.717) is 18.1 Å². The second kappa shape index (κ2) is 7.88. The molecule has 1 unspecified atom stereocenters. The van der Waals surface area contributed by atoms with Crippen molar-refractivity contribution in [3.63, 3.8) is 0 Å². The lowest BCUT2D eigenvalue weighted by atomic mass is 10.1. The van der Waals surface area contributed by atoms with E-state index >= 15 is 0 Å². The molecule has 2 aromatic rings. The predicted octanol–water partition coefficient (Wildman–Crippen LogP) is 2.80. The van der Waals surface area contributed by atoms with E-state index in [0.717, 1.165) is 17.1 Å². The Bertz CT molecular complexity index is 578. The van der Waals surface area contributed by atoms with E-state index in [4.69, 9.17) is 26.9 Å². The van der Waals surface area contributed by atoms with Gasteiger partial charge in [0, 0.05) is 5.02 Å². The maximum Gasteiger partial charge on any atom is 0.122 e. The Morgan fingerprint density at radius 3 is 2.71 bits per heavy atom. The molecule has 2 aromatic carbocycles. The van der Waals surface area contributed by atoms with Crippen LogP contribution in [0, 0.1) is 0 Å². The van der Waals surface area contributed by atoms with Crippen LogP contribution in [0.1, 0.15) is 5.56 Å². The highest BCUT2D eigenvalue weighted by atomic mass is 35.5. The number of para-hydroxylation sites is 1. The monoisotopic (exact) mass is 306 g/mol. The van der Waals surface area contributed by atoms with Crippen molar-refractivity contribution in [1.82, 2.24) is 5.43 Å². The first-order valence-electron chi connectivity index (χ1n) is 6.69. The minimum atomic E-state index is -0.0275. The number of hydrogen-bond acceptors (Lipinski definition) is 4. The van der Waals surface area contributed by atoms with E-state index in [-0.39, 0.29) is 6.04 Å². The molecule has 0 saturated carbocycles. The second-order valence-corrected chi connectivity index (χ2v) is 5.08. The van der Waals surface area contributed by atoms with Gasteiger partial charge in [0.25, 0.3) is 0 Å². The molecule has 0 bridgehead atoms. The molecule has 21 heavy (non-hydrogen) atoms. The number of hydrazine groups is 1. The third-order valence-corrected chi connectivity index (χ3v) is 3.38. The van der Waals surface area contributed by atoms with Crippen LogP contribution in [0.25, 0.3) is 0 Å². The van der Waals surface area contributed by atoms with Gasteiger partial charge in [-0.15, -0.1) is 0 Å². The molecule has 112 valence electrons. The van der Waals surface area contributed by atoms with E-state index in [1.165, 1.54) is 0 Å². The largest absolute Gasteiger partial charge is 0.496 e. The summed E-state index contributed by atoms with van der Waals surface area (Å²) in [7, 11) is 1.66. The van der Waals surface area contributed by atoms with Crippen LogP contribution in [0.5, 0.6) is 11.5 Å². The van der Waals surface area contributed by atoms with Gasteiger partial charge in [0.1, 0.15) is 18.1 Å². The van der Waals surface area contributed by atoms with Crippen LogP contribution >= 0.6 is 11.6 Å². The van der Waals surface area contributed by atoms with E-state index in [1.807, 2.05) is 42.5 Å². The van der Waals surface area contributed by atoms with Gasteiger partial charge >= 0.3 is 0 Å². The lowest BCUT2D eigenvalue weighted by molar-refractivity contribution is 0.263. The van der Waals surface area contributed by atoms with Gasteiger partial charge in [-0.2, -0.15) is 0 Å². The Morgan fingerprint density at radius 1 is 1.19 bits per heavy atom. The summed E-state index contributed by atoms with van der Waals surface area (Å²) in [6, 6.07) is 15.1. The number of ether oxygens (including phenoxy) is 2. The number of hydrogen-bond donors (Lipinski definition) is 2. The first kappa shape index (κ1) is 15.6. The molecule has 2 rings (SSSR count). The van der Waals surface area contributed by atoms with E-state index in [9.17, 15) is 0 Å². The van der Waals surface area contributed by atoms with Gasteiger partial charge in [-0.05, 0) is 36.2 Å². The van der Waals surface area contributed by atoms with Crippen LogP contribution in [-0.4, -0.2) is 19.8 Å². The molecule has 0 heterocycles. The topological polar surface area (TPSA) is 56.5 Å². The molecule has 0 aliphatic heterocycles. The highest BCUT2D eigenvalue weighted by Gasteiger charge is 2.12. The molecule has 0 aliphatic carbocycles. The van der Waals surface area contributed by atoms with Crippen LogP contribution in [0.15, 0.2) is 48.5 Å². The fourth-order valence-electron chi connectivity index (χ4n) is 2.06. The van der Waals surface area contributed by atoms with Crippen molar-refractivity contribution in [2.24, 2.45) is 5.84 Å². The molecule has 0 amide bonds. The summed E-state index contributed by atoms with van der Waals surface area (Å²) < 4.78 is 11.1. The number of rotatable bonds is 7. The molecular formula is C16H19ClN2O2. The Labute approximate surface area is 129 Å². The zero-order valence-electron chi connectivity index (χ0n) is 11.9.